The summed E-state index contributed by atoms with van der Waals surface area (Å²) in [5, 5.41) is 0. The van der Waals surface area contributed by atoms with Crippen LogP contribution in [0.5, 0.6) is 0 Å². The molecule has 0 aliphatic carbocycles. The molecule has 0 amide bonds. The highest BCUT2D eigenvalue weighted by molar-refractivity contribution is 6.27. The Kier molecular flexibility index (Phi) is 3.21. The van der Waals surface area contributed by atoms with E-state index in [1.165, 1.54) is 16.7 Å². The highest BCUT2D eigenvalue weighted by atomic mass is 35.5. The van der Waals surface area contributed by atoms with E-state index in [9.17, 15) is 0 Å². The predicted molar refractivity (Wildman–Crippen MR) is 65.6 cm³/mol. The lowest BCUT2D eigenvalue weighted by molar-refractivity contribution is 1.60. The van der Waals surface area contributed by atoms with Crippen LogP contribution in [0.2, 0.25) is 0 Å². The largest absolute Gasteiger partial charge is 0.0929 e. The van der Waals surface area contributed by atoms with Crippen LogP contribution in [0.15, 0.2) is 54.1 Å². The zero-order valence-corrected chi connectivity index (χ0v) is 8.91. The molecule has 1 heteroatoms. The Hall–Kier alpha value is -1.53. The van der Waals surface area contributed by atoms with Gasteiger partial charge >= 0.3 is 0 Å². The van der Waals surface area contributed by atoms with Crippen LogP contribution in [0.25, 0.3) is 17.2 Å². The fourth-order valence-electron chi connectivity index (χ4n) is 1.44. The summed E-state index contributed by atoms with van der Waals surface area (Å²) >= 11 is 5.51. The van der Waals surface area contributed by atoms with Crippen LogP contribution < -0.4 is 0 Å². The van der Waals surface area contributed by atoms with Gasteiger partial charge in [-0.05, 0) is 28.8 Å². The molecule has 0 saturated heterocycles. The van der Waals surface area contributed by atoms with Gasteiger partial charge in [0.05, 0.1) is 0 Å². The van der Waals surface area contributed by atoms with E-state index in [1.807, 2.05) is 42.5 Å². The summed E-state index contributed by atoms with van der Waals surface area (Å²) in [6, 6.07) is 19.2. The Morgan fingerprint density at radius 1 is 0.867 bits per heavy atom. The molecule has 2 aromatic carbocycles. The van der Waals surface area contributed by atoms with Gasteiger partial charge in [-0.3, -0.25) is 0 Å². The third-order valence-corrected chi connectivity index (χ3v) is 2.34. The van der Waals surface area contributed by atoms with Gasteiger partial charge in [0.1, 0.15) is 0 Å². The number of benzene rings is 2. The Labute approximate surface area is 94.8 Å². The van der Waals surface area contributed by atoms with Crippen molar-refractivity contribution in [2.45, 2.75) is 0 Å². The molecule has 0 aromatic heterocycles. The first kappa shape index (κ1) is 10.0. The molecule has 0 unspecified atom stereocenters. The van der Waals surface area contributed by atoms with E-state index in [-0.39, 0.29) is 0 Å². The Balaban J connectivity index is 2.32. The SMILES string of the molecule is ClC=Cc1ccc(-c2cc[c]cc2)cc1. The van der Waals surface area contributed by atoms with Crippen LogP contribution >= 0.6 is 11.6 Å². The molecular formula is C14H10Cl. The summed E-state index contributed by atoms with van der Waals surface area (Å²) in [4.78, 5) is 0. The lowest BCUT2D eigenvalue weighted by Crippen LogP contribution is -1.77. The maximum absolute atomic E-state index is 5.51. The molecule has 2 aromatic rings. The van der Waals surface area contributed by atoms with Gasteiger partial charge in [-0.1, -0.05) is 60.1 Å². The monoisotopic (exact) mass is 213 g/mol. The molecule has 73 valence electrons. The van der Waals surface area contributed by atoms with E-state index < -0.39 is 0 Å². The molecule has 0 N–H and O–H groups in total. The Morgan fingerprint density at radius 3 is 2.07 bits per heavy atom. The third-order valence-electron chi connectivity index (χ3n) is 2.22. The molecule has 0 heterocycles. The lowest BCUT2D eigenvalue weighted by atomic mass is 10.0. The van der Waals surface area contributed by atoms with E-state index in [1.54, 1.807) is 0 Å². The summed E-state index contributed by atoms with van der Waals surface area (Å²) in [7, 11) is 0. The molecule has 0 aliphatic heterocycles. The van der Waals surface area contributed by atoms with E-state index in [4.69, 9.17) is 11.6 Å². The Morgan fingerprint density at radius 2 is 1.47 bits per heavy atom. The number of hydrogen-bond donors (Lipinski definition) is 0. The van der Waals surface area contributed by atoms with E-state index >= 15 is 0 Å². The van der Waals surface area contributed by atoms with Crippen LogP contribution in [-0.2, 0) is 0 Å². The molecule has 0 fully saturated rings. The van der Waals surface area contributed by atoms with Crippen LogP contribution in [0, 0.1) is 6.07 Å². The standard InChI is InChI=1S/C14H10Cl/c15-11-10-12-6-8-14(9-7-12)13-4-2-1-3-5-13/h2-11H. The molecule has 15 heavy (non-hydrogen) atoms. The average Bonchev–Trinajstić information content (AvgIpc) is 2.32. The first-order valence-electron chi connectivity index (χ1n) is 4.73. The quantitative estimate of drug-likeness (QED) is 0.695. The lowest BCUT2D eigenvalue weighted by Gasteiger charge is -2.01. The van der Waals surface area contributed by atoms with Crippen molar-refractivity contribution in [2.24, 2.45) is 0 Å². The van der Waals surface area contributed by atoms with Crippen LogP contribution in [0.3, 0.4) is 0 Å². The summed E-state index contributed by atoms with van der Waals surface area (Å²) in [5.74, 6) is 0. The van der Waals surface area contributed by atoms with Gasteiger partial charge in [0.15, 0.2) is 0 Å². The summed E-state index contributed by atoms with van der Waals surface area (Å²) in [6.45, 7) is 0. The minimum atomic E-state index is 1.11. The van der Waals surface area contributed by atoms with Crippen molar-refractivity contribution in [2.75, 3.05) is 0 Å². The van der Waals surface area contributed by atoms with Gasteiger partial charge < -0.3 is 0 Å². The normalized spacial score (nSPS) is 10.7. The third kappa shape index (κ3) is 2.48. The minimum absolute atomic E-state index is 1.11. The van der Waals surface area contributed by atoms with Crippen molar-refractivity contribution in [1.29, 1.82) is 0 Å². The van der Waals surface area contributed by atoms with Gasteiger partial charge in [-0.2, -0.15) is 0 Å². The molecule has 0 aliphatic rings. The average molecular weight is 214 g/mol. The van der Waals surface area contributed by atoms with Gasteiger partial charge in [-0.15, -0.1) is 0 Å². The van der Waals surface area contributed by atoms with Crippen molar-refractivity contribution < 1.29 is 0 Å². The predicted octanol–water partition coefficient (Wildman–Crippen LogP) is 4.36. The van der Waals surface area contributed by atoms with Crippen molar-refractivity contribution in [3.63, 3.8) is 0 Å². The van der Waals surface area contributed by atoms with E-state index in [0.717, 1.165) is 5.56 Å². The maximum atomic E-state index is 5.51. The molecular weight excluding hydrogens is 204 g/mol. The molecule has 0 nitrogen and oxygen atoms in total. The molecule has 0 bridgehead atoms. The second kappa shape index (κ2) is 4.81. The molecule has 1 radical (unpaired) electrons. The van der Waals surface area contributed by atoms with Crippen LogP contribution in [0.4, 0.5) is 0 Å². The highest BCUT2D eigenvalue weighted by Gasteiger charge is 1.95. The van der Waals surface area contributed by atoms with E-state index in [0.29, 0.717) is 0 Å². The molecule has 0 saturated carbocycles. The van der Waals surface area contributed by atoms with Crippen LogP contribution in [0.1, 0.15) is 5.56 Å². The number of halogens is 1. The fourth-order valence-corrected chi connectivity index (χ4v) is 1.58. The van der Waals surface area contributed by atoms with Gasteiger partial charge in [0.25, 0.3) is 0 Å². The van der Waals surface area contributed by atoms with E-state index in [2.05, 4.69) is 18.2 Å². The van der Waals surface area contributed by atoms with Crippen LogP contribution in [-0.4, -0.2) is 0 Å². The van der Waals surface area contributed by atoms with Crippen molar-refractivity contribution in [3.05, 3.63) is 65.7 Å². The molecule has 2 rings (SSSR count). The molecule has 0 spiro atoms. The van der Waals surface area contributed by atoms with Gasteiger partial charge in [0.2, 0.25) is 0 Å². The number of rotatable bonds is 2. The summed E-state index contributed by atoms with van der Waals surface area (Å²) < 4.78 is 0. The van der Waals surface area contributed by atoms with Crippen molar-refractivity contribution >= 4 is 17.7 Å². The second-order valence-corrected chi connectivity index (χ2v) is 3.46. The maximum Gasteiger partial charge on any atom is 0.00484 e. The first-order valence-corrected chi connectivity index (χ1v) is 5.17. The second-order valence-electron chi connectivity index (χ2n) is 3.20. The van der Waals surface area contributed by atoms with Crippen molar-refractivity contribution in [1.82, 2.24) is 0 Å². The minimum Gasteiger partial charge on any atom is -0.0929 e. The van der Waals surface area contributed by atoms with Gasteiger partial charge in [0, 0.05) is 5.54 Å². The van der Waals surface area contributed by atoms with Crippen molar-refractivity contribution in [3.8, 4) is 11.1 Å². The Bertz CT molecular complexity index is 441. The first-order chi connectivity index (χ1) is 7.40. The fraction of sp³-hybridized carbons (Fsp3) is 0. The summed E-state index contributed by atoms with van der Waals surface area (Å²) in [5.41, 5.74) is 5.04. The number of hydrogen-bond acceptors (Lipinski definition) is 0. The smallest absolute Gasteiger partial charge is 0.00484 e. The molecule has 0 atom stereocenters. The zero-order valence-electron chi connectivity index (χ0n) is 8.15. The highest BCUT2D eigenvalue weighted by Crippen LogP contribution is 2.19. The summed E-state index contributed by atoms with van der Waals surface area (Å²) in [6.07, 6.45) is 1.87. The topological polar surface area (TPSA) is 0 Å². The zero-order chi connectivity index (χ0) is 10.5. The van der Waals surface area contributed by atoms with Gasteiger partial charge in [-0.25, -0.2) is 0 Å².